The van der Waals surface area contributed by atoms with Crippen LogP contribution in [0.15, 0.2) is 23.1 Å². The van der Waals surface area contributed by atoms with Crippen molar-refractivity contribution in [2.75, 3.05) is 17.6 Å². The summed E-state index contributed by atoms with van der Waals surface area (Å²) in [6.45, 7) is 2.59. The van der Waals surface area contributed by atoms with E-state index in [0.717, 1.165) is 0 Å². The van der Waals surface area contributed by atoms with Gasteiger partial charge in [-0.2, -0.15) is 8.42 Å². The summed E-state index contributed by atoms with van der Waals surface area (Å²) in [4.78, 5) is -0.198. The lowest BCUT2D eigenvalue weighted by Crippen LogP contribution is -2.04. The Morgan fingerprint density at radius 3 is 2.57 bits per heavy atom. The number of benzene rings is 1. The molecular formula is C8H12N2O3S. The molecule has 0 saturated carbocycles. The van der Waals surface area contributed by atoms with Crippen molar-refractivity contribution >= 4 is 21.5 Å². The lowest BCUT2D eigenvalue weighted by Gasteiger charge is -2.07. The van der Waals surface area contributed by atoms with Gasteiger partial charge in [-0.1, -0.05) is 0 Å². The summed E-state index contributed by atoms with van der Waals surface area (Å²) < 4.78 is 30.2. The minimum atomic E-state index is -4.16. The van der Waals surface area contributed by atoms with Crippen molar-refractivity contribution in [2.24, 2.45) is 0 Å². The Labute approximate surface area is 82.7 Å². The third-order valence-corrected chi connectivity index (χ3v) is 2.54. The lowest BCUT2D eigenvalue weighted by atomic mass is 10.2. The second-order valence-corrected chi connectivity index (χ2v) is 4.18. The van der Waals surface area contributed by atoms with Crippen LogP contribution in [-0.4, -0.2) is 19.5 Å². The maximum absolute atomic E-state index is 10.7. The molecule has 0 aliphatic rings. The maximum Gasteiger partial charge on any atom is 0.294 e. The van der Waals surface area contributed by atoms with Gasteiger partial charge >= 0.3 is 0 Å². The molecule has 0 aromatic heterocycles. The van der Waals surface area contributed by atoms with Gasteiger partial charge in [-0.05, 0) is 25.1 Å². The van der Waals surface area contributed by atoms with Gasteiger partial charge in [0.05, 0.1) is 16.3 Å². The molecule has 1 aromatic rings. The average molecular weight is 216 g/mol. The number of hydrogen-bond acceptors (Lipinski definition) is 4. The smallest absolute Gasteiger partial charge is 0.294 e. The first-order valence-corrected chi connectivity index (χ1v) is 5.50. The first-order valence-electron chi connectivity index (χ1n) is 4.06. The number of nitrogens with two attached hydrogens (primary N) is 1. The Hall–Kier alpha value is -1.27. The quantitative estimate of drug-likeness (QED) is 0.516. The summed E-state index contributed by atoms with van der Waals surface area (Å²) in [6, 6.07) is 4.03. The highest BCUT2D eigenvalue weighted by molar-refractivity contribution is 7.85. The number of nitrogens with one attached hydrogen (secondary N) is 1. The molecule has 0 radical (unpaired) electrons. The largest absolute Gasteiger partial charge is 0.397 e. The first-order chi connectivity index (χ1) is 6.45. The van der Waals surface area contributed by atoms with E-state index in [9.17, 15) is 8.42 Å². The van der Waals surface area contributed by atoms with Gasteiger partial charge in [0.15, 0.2) is 0 Å². The standard InChI is InChI=1S/C8H12N2O3S/c1-2-10-8-4-3-6(5-7(8)9)14(11,12)13/h3-5,10H,2,9H2,1H3,(H,11,12,13). The summed E-state index contributed by atoms with van der Waals surface area (Å²) in [5, 5.41) is 2.95. The molecule has 5 nitrogen and oxygen atoms in total. The van der Waals surface area contributed by atoms with Crippen LogP contribution < -0.4 is 11.1 Å². The Kier molecular flexibility index (Phi) is 2.97. The van der Waals surface area contributed by atoms with Crippen LogP contribution >= 0.6 is 0 Å². The van der Waals surface area contributed by atoms with E-state index in [1.165, 1.54) is 18.2 Å². The molecule has 0 amide bonds. The molecule has 0 aliphatic heterocycles. The van der Waals surface area contributed by atoms with E-state index >= 15 is 0 Å². The fraction of sp³-hybridized carbons (Fsp3) is 0.250. The summed E-state index contributed by atoms with van der Waals surface area (Å²) in [7, 11) is -4.16. The fourth-order valence-electron chi connectivity index (χ4n) is 1.05. The molecule has 1 rings (SSSR count). The van der Waals surface area contributed by atoms with Crippen molar-refractivity contribution in [2.45, 2.75) is 11.8 Å². The highest BCUT2D eigenvalue weighted by Gasteiger charge is 2.10. The predicted octanol–water partition coefficient (Wildman–Crippen LogP) is 0.947. The SMILES string of the molecule is CCNc1ccc(S(=O)(=O)O)cc1N. The van der Waals surface area contributed by atoms with Crippen LogP contribution in [0.5, 0.6) is 0 Å². The predicted molar refractivity (Wildman–Crippen MR) is 54.8 cm³/mol. The van der Waals surface area contributed by atoms with Crippen molar-refractivity contribution < 1.29 is 13.0 Å². The summed E-state index contributed by atoms with van der Waals surface area (Å²) >= 11 is 0. The molecule has 0 aliphatic carbocycles. The third kappa shape index (κ3) is 2.36. The fourth-order valence-corrected chi connectivity index (χ4v) is 1.57. The number of nitrogen functional groups attached to an aromatic ring is 1. The second kappa shape index (κ2) is 3.85. The molecule has 0 unspecified atom stereocenters. The van der Waals surface area contributed by atoms with Gasteiger partial charge in [0, 0.05) is 6.54 Å². The Bertz CT molecular complexity index is 428. The van der Waals surface area contributed by atoms with E-state index in [1.54, 1.807) is 0 Å². The van der Waals surface area contributed by atoms with Crippen LogP contribution in [0.2, 0.25) is 0 Å². The molecule has 1 aromatic carbocycles. The zero-order valence-electron chi connectivity index (χ0n) is 7.69. The molecule has 78 valence electrons. The van der Waals surface area contributed by atoms with Gasteiger partial charge in [-0.25, -0.2) is 0 Å². The Balaban J connectivity index is 3.13. The molecule has 0 bridgehead atoms. The maximum atomic E-state index is 10.7. The van der Waals surface area contributed by atoms with E-state index in [2.05, 4.69) is 5.32 Å². The van der Waals surface area contributed by atoms with Gasteiger partial charge in [-0.15, -0.1) is 0 Å². The van der Waals surface area contributed by atoms with E-state index in [-0.39, 0.29) is 4.90 Å². The number of rotatable bonds is 3. The van der Waals surface area contributed by atoms with Crippen molar-refractivity contribution in [3.8, 4) is 0 Å². The normalized spacial score (nSPS) is 11.3. The third-order valence-electron chi connectivity index (χ3n) is 1.69. The molecule has 0 spiro atoms. The van der Waals surface area contributed by atoms with Crippen molar-refractivity contribution in [3.05, 3.63) is 18.2 Å². The van der Waals surface area contributed by atoms with E-state index in [4.69, 9.17) is 10.3 Å². The highest BCUT2D eigenvalue weighted by atomic mass is 32.2. The van der Waals surface area contributed by atoms with Gasteiger partial charge in [-0.3, -0.25) is 4.55 Å². The number of hydrogen-bond donors (Lipinski definition) is 3. The minimum Gasteiger partial charge on any atom is -0.397 e. The van der Waals surface area contributed by atoms with Gasteiger partial charge in [0.2, 0.25) is 0 Å². The highest BCUT2D eigenvalue weighted by Crippen LogP contribution is 2.21. The van der Waals surface area contributed by atoms with E-state index in [0.29, 0.717) is 17.9 Å². The summed E-state index contributed by atoms with van der Waals surface area (Å²) in [5.41, 5.74) is 6.51. The van der Waals surface area contributed by atoms with Crippen molar-refractivity contribution in [1.82, 2.24) is 0 Å². The molecule has 14 heavy (non-hydrogen) atoms. The summed E-state index contributed by atoms with van der Waals surface area (Å²) in [6.07, 6.45) is 0. The summed E-state index contributed by atoms with van der Waals surface area (Å²) in [5.74, 6) is 0. The van der Waals surface area contributed by atoms with Crippen LogP contribution in [0.3, 0.4) is 0 Å². The van der Waals surface area contributed by atoms with Crippen LogP contribution in [0.25, 0.3) is 0 Å². The molecule has 0 saturated heterocycles. The zero-order chi connectivity index (χ0) is 10.8. The number of anilines is 2. The lowest BCUT2D eigenvalue weighted by molar-refractivity contribution is 0.483. The molecular weight excluding hydrogens is 204 g/mol. The molecule has 6 heteroatoms. The van der Waals surface area contributed by atoms with E-state index in [1.807, 2.05) is 6.92 Å². The molecule has 0 heterocycles. The molecule has 0 atom stereocenters. The average Bonchev–Trinajstić information content (AvgIpc) is 2.07. The first kappa shape index (κ1) is 10.8. The van der Waals surface area contributed by atoms with Gasteiger partial charge < -0.3 is 11.1 Å². The monoisotopic (exact) mass is 216 g/mol. The van der Waals surface area contributed by atoms with Gasteiger partial charge in [0.1, 0.15) is 0 Å². The Morgan fingerprint density at radius 1 is 1.50 bits per heavy atom. The molecule has 0 fully saturated rings. The van der Waals surface area contributed by atoms with Crippen LogP contribution in [-0.2, 0) is 10.1 Å². The van der Waals surface area contributed by atoms with E-state index < -0.39 is 10.1 Å². The van der Waals surface area contributed by atoms with Crippen LogP contribution in [0.4, 0.5) is 11.4 Å². The Morgan fingerprint density at radius 2 is 2.14 bits per heavy atom. The molecule has 4 N–H and O–H groups in total. The zero-order valence-corrected chi connectivity index (χ0v) is 8.50. The van der Waals surface area contributed by atoms with Crippen LogP contribution in [0.1, 0.15) is 6.92 Å². The van der Waals surface area contributed by atoms with Crippen molar-refractivity contribution in [3.63, 3.8) is 0 Å². The van der Waals surface area contributed by atoms with Crippen LogP contribution in [0, 0.1) is 0 Å². The van der Waals surface area contributed by atoms with Crippen molar-refractivity contribution in [1.29, 1.82) is 0 Å². The second-order valence-electron chi connectivity index (χ2n) is 2.75. The topological polar surface area (TPSA) is 92.4 Å². The minimum absolute atomic E-state index is 0.198. The van der Waals surface area contributed by atoms with Gasteiger partial charge in [0.25, 0.3) is 10.1 Å².